The molecule has 0 nitrogen and oxygen atoms in total. The highest BCUT2D eigenvalue weighted by molar-refractivity contribution is 9.09. The Balaban J connectivity index is 2.23. The number of rotatable bonds is 4. The summed E-state index contributed by atoms with van der Waals surface area (Å²) in [5.41, 5.74) is 2.74. The maximum absolute atomic E-state index is 13.7. The molecule has 0 aliphatic rings. The van der Waals surface area contributed by atoms with Crippen molar-refractivity contribution in [3.05, 3.63) is 70.8 Å². The van der Waals surface area contributed by atoms with Crippen LogP contribution in [0.4, 0.5) is 8.78 Å². The zero-order valence-electron chi connectivity index (χ0n) is 10.7. The van der Waals surface area contributed by atoms with Gasteiger partial charge in [0.25, 0.3) is 0 Å². The van der Waals surface area contributed by atoms with Crippen LogP contribution in [0.3, 0.4) is 0 Å². The van der Waals surface area contributed by atoms with Crippen molar-refractivity contribution in [1.82, 2.24) is 0 Å². The van der Waals surface area contributed by atoms with Gasteiger partial charge in [0.05, 0.1) is 0 Å². The molecule has 0 saturated heterocycles. The molecule has 0 radical (unpaired) electrons. The van der Waals surface area contributed by atoms with Crippen LogP contribution in [0.2, 0.25) is 0 Å². The van der Waals surface area contributed by atoms with Gasteiger partial charge in [0.15, 0.2) is 0 Å². The van der Waals surface area contributed by atoms with Crippen molar-refractivity contribution in [3.8, 4) is 0 Å². The van der Waals surface area contributed by atoms with Gasteiger partial charge in [-0.1, -0.05) is 45.8 Å². The van der Waals surface area contributed by atoms with E-state index >= 15 is 0 Å². The number of hydrogen-bond acceptors (Lipinski definition) is 0. The number of aryl methyl sites for hydroxylation is 1. The lowest BCUT2D eigenvalue weighted by molar-refractivity contribution is 0.577. The van der Waals surface area contributed by atoms with Crippen molar-refractivity contribution >= 4 is 15.9 Å². The lowest BCUT2D eigenvalue weighted by Crippen LogP contribution is -2.06. The van der Waals surface area contributed by atoms with E-state index in [1.807, 2.05) is 31.2 Å². The summed E-state index contributed by atoms with van der Waals surface area (Å²) < 4.78 is 26.8. The minimum Gasteiger partial charge on any atom is -0.207 e. The van der Waals surface area contributed by atoms with E-state index in [0.29, 0.717) is 17.3 Å². The SMILES string of the molecule is Cc1ccc(C(CBr)Cc2cc(F)ccc2F)cc1. The summed E-state index contributed by atoms with van der Waals surface area (Å²) in [7, 11) is 0. The van der Waals surface area contributed by atoms with Gasteiger partial charge in [0, 0.05) is 5.33 Å². The number of halogens is 3. The highest BCUT2D eigenvalue weighted by Crippen LogP contribution is 2.25. The maximum Gasteiger partial charge on any atom is 0.126 e. The zero-order chi connectivity index (χ0) is 13.8. The van der Waals surface area contributed by atoms with Crippen molar-refractivity contribution in [2.45, 2.75) is 19.3 Å². The molecule has 1 atom stereocenters. The number of alkyl halides is 1. The molecule has 0 N–H and O–H groups in total. The highest BCUT2D eigenvalue weighted by atomic mass is 79.9. The molecule has 0 aromatic heterocycles. The molecule has 2 rings (SSSR count). The molecular weight excluding hydrogens is 310 g/mol. The first-order valence-electron chi connectivity index (χ1n) is 6.16. The molecule has 2 aromatic carbocycles. The Kier molecular flexibility index (Phi) is 4.70. The molecule has 2 aromatic rings. The van der Waals surface area contributed by atoms with Gasteiger partial charge in [0.2, 0.25) is 0 Å². The third-order valence-corrected chi connectivity index (χ3v) is 3.99. The second-order valence-corrected chi connectivity index (χ2v) is 5.35. The van der Waals surface area contributed by atoms with Crippen LogP contribution in [0.1, 0.15) is 22.6 Å². The topological polar surface area (TPSA) is 0 Å². The van der Waals surface area contributed by atoms with E-state index in [1.54, 1.807) is 0 Å². The van der Waals surface area contributed by atoms with Crippen molar-refractivity contribution in [1.29, 1.82) is 0 Å². The third-order valence-electron chi connectivity index (χ3n) is 3.21. The third kappa shape index (κ3) is 3.63. The Bertz CT molecular complexity index is 549. The second-order valence-electron chi connectivity index (χ2n) is 4.70. The quantitative estimate of drug-likeness (QED) is 0.695. The molecule has 3 heteroatoms. The summed E-state index contributed by atoms with van der Waals surface area (Å²) in [6, 6.07) is 11.8. The number of benzene rings is 2. The Morgan fingerprint density at radius 1 is 1.05 bits per heavy atom. The van der Waals surface area contributed by atoms with Gasteiger partial charge < -0.3 is 0 Å². The number of hydrogen-bond donors (Lipinski definition) is 0. The smallest absolute Gasteiger partial charge is 0.126 e. The van der Waals surface area contributed by atoms with Gasteiger partial charge >= 0.3 is 0 Å². The fourth-order valence-corrected chi connectivity index (χ4v) is 2.67. The standard InChI is InChI=1S/C16H15BrF2/c1-11-2-4-12(5-3-11)14(10-17)8-13-9-15(18)6-7-16(13)19/h2-7,9,14H,8,10H2,1H3. The predicted octanol–water partition coefficient (Wildman–Crippen LogP) is 4.99. The summed E-state index contributed by atoms with van der Waals surface area (Å²) in [5, 5.41) is 0.714. The van der Waals surface area contributed by atoms with Gasteiger partial charge in [0.1, 0.15) is 11.6 Å². The molecule has 1 unspecified atom stereocenters. The van der Waals surface area contributed by atoms with E-state index in [9.17, 15) is 8.78 Å². The first kappa shape index (κ1) is 14.2. The highest BCUT2D eigenvalue weighted by Gasteiger charge is 2.14. The molecule has 100 valence electrons. The van der Waals surface area contributed by atoms with E-state index in [4.69, 9.17) is 0 Å². The molecule has 0 heterocycles. The lowest BCUT2D eigenvalue weighted by Gasteiger charge is -2.15. The van der Waals surface area contributed by atoms with Gasteiger partial charge in [-0.2, -0.15) is 0 Å². The molecule has 0 aliphatic heterocycles. The van der Waals surface area contributed by atoms with E-state index < -0.39 is 5.82 Å². The van der Waals surface area contributed by atoms with E-state index in [2.05, 4.69) is 15.9 Å². The largest absolute Gasteiger partial charge is 0.207 e. The molecule has 19 heavy (non-hydrogen) atoms. The average Bonchev–Trinajstić information content (AvgIpc) is 2.41. The van der Waals surface area contributed by atoms with Gasteiger partial charge in [-0.05, 0) is 48.6 Å². The van der Waals surface area contributed by atoms with Crippen molar-refractivity contribution in [2.24, 2.45) is 0 Å². The van der Waals surface area contributed by atoms with E-state index in [1.165, 1.54) is 17.7 Å². The summed E-state index contributed by atoms with van der Waals surface area (Å²) in [5.74, 6) is -0.606. The molecule has 0 aliphatic carbocycles. The van der Waals surface area contributed by atoms with Gasteiger partial charge in [-0.3, -0.25) is 0 Å². The minimum absolute atomic E-state index is 0.136. The van der Waals surface area contributed by atoms with Crippen LogP contribution in [0.15, 0.2) is 42.5 Å². The average molecular weight is 325 g/mol. The normalized spacial score (nSPS) is 12.4. The Labute approximate surface area is 120 Å². The molecular formula is C16H15BrF2. The first-order chi connectivity index (χ1) is 9.10. The monoisotopic (exact) mass is 324 g/mol. The van der Waals surface area contributed by atoms with Crippen LogP contribution in [0, 0.1) is 18.6 Å². The van der Waals surface area contributed by atoms with Crippen LogP contribution in [-0.2, 0) is 6.42 Å². The molecule has 0 spiro atoms. The fraction of sp³-hybridized carbons (Fsp3) is 0.250. The summed E-state index contributed by atoms with van der Waals surface area (Å²) in [4.78, 5) is 0. The Morgan fingerprint density at radius 3 is 2.37 bits per heavy atom. The zero-order valence-corrected chi connectivity index (χ0v) is 12.3. The van der Waals surface area contributed by atoms with Crippen molar-refractivity contribution < 1.29 is 8.78 Å². The van der Waals surface area contributed by atoms with Crippen LogP contribution in [0.25, 0.3) is 0 Å². The van der Waals surface area contributed by atoms with E-state index in [0.717, 1.165) is 11.6 Å². The van der Waals surface area contributed by atoms with Gasteiger partial charge in [-0.25, -0.2) is 8.78 Å². The molecule has 0 amide bonds. The van der Waals surface area contributed by atoms with Crippen LogP contribution < -0.4 is 0 Å². The maximum atomic E-state index is 13.7. The van der Waals surface area contributed by atoms with Crippen molar-refractivity contribution in [3.63, 3.8) is 0 Å². The molecule has 0 fully saturated rings. The predicted molar refractivity (Wildman–Crippen MR) is 77.8 cm³/mol. The molecule has 0 bridgehead atoms. The van der Waals surface area contributed by atoms with E-state index in [-0.39, 0.29) is 11.7 Å². The fourth-order valence-electron chi connectivity index (χ4n) is 2.07. The lowest BCUT2D eigenvalue weighted by atomic mass is 9.93. The second kappa shape index (κ2) is 6.29. The van der Waals surface area contributed by atoms with Gasteiger partial charge in [-0.15, -0.1) is 0 Å². The minimum atomic E-state index is -0.395. The van der Waals surface area contributed by atoms with Crippen LogP contribution in [-0.4, -0.2) is 5.33 Å². The first-order valence-corrected chi connectivity index (χ1v) is 7.28. The Hall–Kier alpha value is -1.22. The summed E-state index contributed by atoms with van der Waals surface area (Å²) in [6.07, 6.45) is 0.484. The summed E-state index contributed by atoms with van der Waals surface area (Å²) in [6.45, 7) is 2.03. The van der Waals surface area contributed by atoms with Crippen LogP contribution in [0.5, 0.6) is 0 Å². The van der Waals surface area contributed by atoms with Crippen molar-refractivity contribution in [2.75, 3.05) is 5.33 Å². The Morgan fingerprint density at radius 2 is 1.74 bits per heavy atom. The summed E-state index contributed by atoms with van der Waals surface area (Å²) >= 11 is 3.46. The van der Waals surface area contributed by atoms with Crippen LogP contribution >= 0.6 is 15.9 Å². The molecule has 0 saturated carbocycles.